The maximum atomic E-state index is 11.4. The molecule has 0 aromatic carbocycles. The highest BCUT2D eigenvalue weighted by Gasteiger charge is 2.35. The topological polar surface area (TPSA) is 55.1 Å². The lowest BCUT2D eigenvalue weighted by atomic mass is 10.0. The van der Waals surface area contributed by atoms with E-state index in [0.717, 1.165) is 6.42 Å². The molecule has 1 fully saturated rings. The number of hydrogen-bond acceptors (Lipinski definition) is 2. The Labute approximate surface area is 73.7 Å². The Kier molecular flexibility index (Phi) is 2.73. The number of nitrogens with two attached hydrogens (primary N) is 1. The summed E-state index contributed by atoms with van der Waals surface area (Å²) in [5.74, 6) is 0.686. The van der Waals surface area contributed by atoms with Crippen LogP contribution in [0.15, 0.2) is 0 Å². The molecule has 3 nitrogen and oxygen atoms in total. The molecule has 70 valence electrons. The van der Waals surface area contributed by atoms with Crippen LogP contribution in [0.1, 0.15) is 27.2 Å². The molecule has 0 saturated heterocycles. The van der Waals surface area contributed by atoms with Gasteiger partial charge in [-0.15, -0.1) is 0 Å². The van der Waals surface area contributed by atoms with E-state index in [1.807, 2.05) is 13.8 Å². The molecule has 0 aromatic heterocycles. The average molecular weight is 170 g/mol. The van der Waals surface area contributed by atoms with Crippen LogP contribution < -0.4 is 11.1 Å². The zero-order chi connectivity index (χ0) is 9.30. The summed E-state index contributed by atoms with van der Waals surface area (Å²) >= 11 is 0. The molecule has 1 rings (SSSR count). The third-order valence-corrected chi connectivity index (χ3v) is 2.64. The van der Waals surface area contributed by atoms with E-state index >= 15 is 0 Å². The van der Waals surface area contributed by atoms with Gasteiger partial charge in [0.1, 0.15) is 0 Å². The van der Waals surface area contributed by atoms with Crippen LogP contribution in [0.4, 0.5) is 0 Å². The average Bonchev–Trinajstić information content (AvgIpc) is 2.64. The van der Waals surface area contributed by atoms with Gasteiger partial charge in [-0.1, -0.05) is 13.8 Å². The normalized spacial score (nSPS) is 32.3. The van der Waals surface area contributed by atoms with E-state index in [0.29, 0.717) is 12.0 Å². The van der Waals surface area contributed by atoms with E-state index in [9.17, 15) is 4.79 Å². The van der Waals surface area contributed by atoms with E-state index < -0.39 is 0 Å². The quantitative estimate of drug-likeness (QED) is 0.648. The zero-order valence-corrected chi connectivity index (χ0v) is 8.00. The highest BCUT2D eigenvalue weighted by Crippen LogP contribution is 2.29. The molecule has 3 N–H and O–H groups in total. The summed E-state index contributed by atoms with van der Waals surface area (Å²) in [6.07, 6.45) is 1.12. The lowest BCUT2D eigenvalue weighted by molar-refractivity contribution is -0.125. The lowest BCUT2D eigenvalue weighted by Crippen LogP contribution is -2.39. The molecule has 4 atom stereocenters. The second kappa shape index (κ2) is 3.44. The van der Waals surface area contributed by atoms with Crippen LogP contribution in [0.25, 0.3) is 0 Å². The van der Waals surface area contributed by atoms with E-state index in [4.69, 9.17) is 5.73 Å². The fourth-order valence-corrected chi connectivity index (χ4v) is 1.08. The Hall–Kier alpha value is -0.570. The maximum Gasteiger partial charge on any atom is 0.224 e. The van der Waals surface area contributed by atoms with Crippen molar-refractivity contribution in [2.24, 2.45) is 17.6 Å². The first kappa shape index (κ1) is 9.52. The van der Waals surface area contributed by atoms with Gasteiger partial charge in [0, 0.05) is 18.0 Å². The van der Waals surface area contributed by atoms with Gasteiger partial charge in [-0.05, 0) is 19.3 Å². The van der Waals surface area contributed by atoms with Gasteiger partial charge < -0.3 is 11.1 Å². The molecule has 1 saturated carbocycles. The number of rotatable bonds is 3. The summed E-state index contributed by atoms with van der Waals surface area (Å²) in [4.78, 5) is 11.4. The third kappa shape index (κ3) is 2.21. The SMILES string of the molecule is CC(N)C(C)C(=O)NC1CC1C. The molecule has 1 amide bonds. The Morgan fingerprint density at radius 1 is 1.58 bits per heavy atom. The largest absolute Gasteiger partial charge is 0.353 e. The highest BCUT2D eigenvalue weighted by atomic mass is 16.2. The molecule has 0 bridgehead atoms. The van der Waals surface area contributed by atoms with Crippen molar-refractivity contribution in [3.05, 3.63) is 0 Å². The third-order valence-electron chi connectivity index (χ3n) is 2.64. The Morgan fingerprint density at radius 2 is 2.08 bits per heavy atom. The zero-order valence-electron chi connectivity index (χ0n) is 8.00. The summed E-state index contributed by atoms with van der Waals surface area (Å²) in [5, 5.41) is 2.97. The first-order valence-electron chi connectivity index (χ1n) is 4.58. The number of hydrogen-bond donors (Lipinski definition) is 2. The molecule has 0 spiro atoms. The molecule has 3 heteroatoms. The van der Waals surface area contributed by atoms with Crippen LogP contribution in [-0.2, 0) is 4.79 Å². The van der Waals surface area contributed by atoms with Crippen molar-refractivity contribution in [1.82, 2.24) is 5.32 Å². The van der Waals surface area contributed by atoms with Crippen molar-refractivity contribution < 1.29 is 4.79 Å². The van der Waals surface area contributed by atoms with Crippen molar-refractivity contribution in [3.8, 4) is 0 Å². The van der Waals surface area contributed by atoms with Gasteiger partial charge in [-0.2, -0.15) is 0 Å². The predicted octanol–water partition coefficient (Wildman–Crippen LogP) is 0.494. The molecule has 0 radical (unpaired) electrons. The van der Waals surface area contributed by atoms with E-state index in [1.54, 1.807) is 0 Å². The van der Waals surface area contributed by atoms with Crippen LogP contribution in [0, 0.1) is 11.8 Å². The number of nitrogens with one attached hydrogen (secondary N) is 1. The molecule has 0 heterocycles. The first-order chi connectivity index (χ1) is 5.52. The Morgan fingerprint density at radius 3 is 2.42 bits per heavy atom. The lowest BCUT2D eigenvalue weighted by Gasteiger charge is -2.14. The second-order valence-corrected chi connectivity index (χ2v) is 3.98. The smallest absolute Gasteiger partial charge is 0.224 e. The first-order valence-corrected chi connectivity index (χ1v) is 4.58. The fourth-order valence-electron chi connectivity index (χ4n) is 1.08. The van der Waals surface area contributed by atoms with Crippen LogP contribution in [0.5, 0.6) is 0 Å². The minimum absolute atomic E-state index is 0.0564. The standard InChI is InChI=1S/C9H18N2O/c1-5-4-8(5)11-9(12)6(2)7(3)10/h5-8H,4,10H2,1-3H3,(H,11,12). The molecule has 1 aliphatic carbocycles. The highest BCUT2D eigenvalue weighted by molar-refractivity contribution is 5.79. The van der Waals surface area contributed by atoms with Crippen molar-refractivity contribution >= 4 is 5.91 Å². The predicted molar refractivity (Wildman–Crippen MR) is 48.5 cm³/mol. The van der Waals surface area contributed by atoms with E-state index in [2.05, 4.69) is 12.2 Å². The van der Waals surface area contributed by atoms with Crippen molar-refractivity contribution in [2.75, 3.05) is 0 Å². The number of carbonyl (C=O) groups excluding carboxylic acids is 1. The van der Waals surface area contributed by atoms with Crippen molar-refractivity contribution in [3.63, 3.8) is 0 Å². The van der Waals surface area contributed by atoms with Crippen LogP contribution in [-0.4, -0.2) is 18.0 Å². The van der Waals surface area contributed by atoms with Gasteiger partial charge in [-0.25, -0.2) is 0 Å². The van der Waals surface area contributed by atoms with Gasteiger partial charge in [0.2, 0.25) is 5.91 Å². The summed E-state index contributed by atoms with van der Waals surface area (Å²) in [7, 11) is 0. The van der Waals surface area contributed by atoms with Gasteiger partial charge >= 0.3 is 0 Å². The van der Waals surface area contributed by atoms with Crippen LogP contribution >= 0.6 is 0 Å². The second-order valence-electron chi connectivity index (χ2n) is 3.98. The van der Waals surface area contributed by atoms with Gasteiger partial charge in [0.25, 0.3) is 0 Å². The summed E-state index contributed by atoms with van der Waals surface area (Å²) in [6.45, 7) is 5.87. The summed E-state index contributed by atoms with van der Waals surface area (Å²) < 4.78 is 0. The van der Waals surface area contributed by atoms with E-state index in [1.165, 1.54) is 0 Å². The fraction of sp³-hybridized carbons (Fsp3) is 0.889. The maximum absolute atomic E-state index is 11.4. The number of amides is 1. The van der Waals surface area contributed by atoms with E-state index in [-0.39, 0.29) is 17.9 Å². The van der Waals surface area contributed by atoms with Gasteiger partial charge in [0.05, 0.1) is 0 Å². The molecular weight excluding hydrogens is 152 g/mol. The molecule has 1 aliphatic rings. The van der Waals surface area contributed by atoms with Crippen molar-refractivity contribution in [2.45, 2.75) is 39.3 Å². The minimum atomic E-state index is -0.0715. The molecule has 4 unspecified atom stereocenters. The van der Waals surface area contributed by atoms with Crippen molar-refractivity contribution in [1.29, 1.82) is 0 Å². The summed E-state index contributed by atoms with van der Waals surface area (Å²) in [5.41, 5.74) is 5.61. The summed E-state index contributed by atoms with van der Waals surface area (Å²) in [6, 6.07) is 0.359. The van der Waals surface area contributed by atoms with Gasteiger partial charge in [0.15, 0.2) is 0 Å². The molecular formula is C9H18N2O. The monoisotopic (exact) mass is 170 g/mol. The Bertz CT molecular complexity index is 179. The molecule has 12 heavy (non-hydrogen) atoms. The molecule has 0 aromatic rings. The van der Waals surface area contributed by atoms with Gasteiger partial charge in [-0.3, -0.25) is 4.79 Å². The Balaban J connectivity index is 2.28. The van der Waals surface area contributed by atoms with Crippen LogP contribution in [0.2, 0.25) is 0 Å². The minimum Gasteiger partial charge on any atom is -0.353 e. The molecule has 0 aliphatic heterocycles. The van der Waals surface area contributed by atoms with Crippen LogP contribution in [0.3, 0.4) is 0 Å². The number of carbonyl (C=O) groups is 1.